The van der Waals surface area contributed by atoms with Crippen molar-refractivity contribution in [2.24, 2.45) is 0 Å². The average molecular weight is 344 g/mol. The molecule has 7 heteroatoms. The SMILES string of the molecule is N#Cc1cccc(NC(=O)N2CCCC2C(=O)N2CCSCC2)c1. The summed E-state index contributed by atoms with van der Waals surface area (Å²) in [5, 5.41) is 11.7. The monoisotopic (exact) mass is 344 g/mol. The maximum atomic E-state index is 12.7. The molecule has 0 radical (unpaired) electrons. The van der Waals surface area contributed by atoms with Crippen molar-refractivity contribution in [2.45, 2.75) is 18.9 Å². The van der Waals surface area contributed by atoms with Gasteiger partial charge in [-0.15, -0.1) is 0 Å². The van der Waals surface area contributed by atoms with Gasteiger partial charge in [0.2, 0.25) is 5.91 Å². The highest BCUT2D eigenvalue weighted by atomic mass is 32.2. The van der Waals surface area contributed by atoms with Crippen LogP contribution in [0, 0.1) is 11.3 Å². The largest absolute Gasteiger partial charge is 0.339 e. The highest BCUT2D eigenvalue weighted by molar-refractivity contribution is 7.99. The van der Waals surface area contributed by atoms with E-state index in [9.17, 15) is 9.59 Å². The summed E-state index contributed by atoms with van der Waals surface area (Å²) < 4.78 is 0. The zero-order valence-corrected chi connectivity index (χ0v) is 14.2. The van der Waals surface area contributed by atoms with E-state index in [0.29, 0.717) is 24.2 Å². The second kappa shape index (κ2) is 7.58. The molecule has 2 aliphatic heterocycles. The summed E-state index contributed by atoms with van der Waals surface area (Å²) in [6, 6.07) is 8.20. The molecule has 1 aromatic rings. The van der Waals surface area contributed by atoms with E-state index in [1.54, 1.807) is 29.2 Å². The van der Waals surface area contributed by atoms with Crippen molar-refractivity contribution in [1.29, 1.82) is 5.26 Å². The lowest BCUT2D eigenvalue weighted by Gasteiger charge is -2.32. The number of benzene rings is 1. The summed E-state index contributed by atoms with van der Waals surface area (Å²) in [7, 11) is 0. The van der Waals surface area contributed by atoms with Crippen LogP contribution in [-0.2, 0) is 4.79 Å². The van der Waals surface area contributed by atoms with Gasteiger partial charge in [-0.25, -0.2) is 4.79 Å². The number of amides is 3. The van der Waals surface area contributed by atoms with Crippen molar-refractivity contribution >= 4 is 29.4 Å². The first kappa shape index (κ1) is 16.7. The van der Waals surface area contributed by atoms with Crippen LogP contribution in [0.25, 0.3) is 0 Å². The van der Waals surface area contributed by atoms with E-state index < -0.39 is 0 Å². The predicted molar refractivity (Wildman–Crippen MR) is 93.8 cm³/mol. The molecule has 1 aromatic carbocycles. The molecule has 2 saturated heterocycles. The van der Waals surface area contributed by atoms with E-state index in [2.05, 4.69) is 11.4 Å². The molecule has 0 bridgehead atoms. The molecule has 6 nitrogen and oxygen atoms in total. The standard InChI is InChI=1S/C17H20N4O2S/c18-12-13-3-1-4-14(11-13)19-17(23)21-6-2-5-15(21)16(22)20-7-9-24-10-8-20/h1,3-4,11,15H,2,5-10H2,(H,19,23). The van der Waals surface area contributed by atoms with Crippen LogP contribution in [0.2, 0.25) is 0 Å². The number of rotatable bonds is 2. The molecule has 1 atom stereocenters. The van der Waals surface area contributed by atoms with E-state index in [4.69, 9.17) is 5.26 Å². The Balaban J connectivity index is 1.66. The molecule has 0 aliphatic carbocycles. The van der Waals surface area contributed by atoms with Crippen LogP contribution >= 0.6 is 11.8 Å². The zero-order chi connectivity index (χ0) is 16.9. The average Bonchev–Trinajstić information content (AvgIpc) is 3.12. The van der Waals surface area contributed by atoms with Gasteiger partial charge in [0.25, 0.3) is 0 Å². The fourth-order valence-corrected chi connectivity index (χ4v) is 4.03. The molecule has 0 saturated carbocycles. The van der Waals surface area contributed by atoms with Gasteiger partial charge in [-0.05, 0) is 31.0 Å². The lowest BCUT2D eigenvalue weighted by Crippen LogP contribution is -2.51. The van der Waals surface area contributed by atoms with Crippen LogP contribution in [0.5, 0.6) is 0 Å². The Bertz CT molecular complexity index is 667. The number of nitrogens with one attached hydrogen (secondary N) is 1. The number of likely N-dealkylation sites (tertiary alicyclic amines) is 1. The van der Waals surface area contributed by atoms with Crippen LogP contribution in [0.4, 0.5) is 10.5 Å². The van der Waals surface area contributed by atoms with Crippen molar-refractivity contribution in [3.63, 3.8) is 0 Å². The van der Waals surface area contributed by atoms with Gasteiger partial charge >= 0.3 is 6.03 Å². The van der Waals surface area contributed by atoms with Crippen molar-refractivity contribution in [3.05, 3.63) is 29.8 Å². The number of hydrogen-bond donors (Lipinski definition) is 1. The van der Waals surface area contributed by atoms with Crippen molar-refractivity contribution < 1.29 is 9.59 Å². The lowest BCUT2D eigenvalue weighted by atomic mass is 10.2. The fraction of sp³-hybridized carbons (Fsp3) is 0.471. The predicted octanol–water partition coefficient (Wildman–Crippen LogP) is 2.13. The first-order chi connectivity index (χ1) is 11.7. The van der Waals surface area contributed by atoms with Gasteiger partial charge in [-0.2, -0.15) is 17.0 Å². The summed E-state index contributed by atoms with van der Waals surface area (Å²) in [4.78, 5) is 28.8. The normalized spacial score (nSPS) is 20.5. The summed E-state index contributed by atoms with van der Waals surface area (Å²) in [5.41, 5.74) is 1.07. The maximum Gasteiger partial charge on any atom is 0.322 e. The lowest BCUT2D eigenvalue weighted by molar-refractivity contribution is -0.134. The number of nitriles is 1. The smallest absolute Gasteiger partial charge is 0.322 e. The molecule has 2 fully saturated rings. The maximum absolute atomic E-state index is 12.7. The van der Waals surface area contributed by atoms with Gasteiger partial charge in [0.1, 0.15) is 6.04 Å². The van der Waals surface area contributed by atoms with Gasteiger partial charge in [0.15, 0.2) is 0 Å². The van der Waals surface area contributed by atoms with Crippen LogP contribution in [-0.4, -0.2) is 58.9 Å². The molecule has 1 unspecified atom stereocenters. The Labute approximate surface area is 145 Å². The summed E-state index contributed by atoms with van der Waals surface area (Å²) in [6.07, 6.45) is 1.55. The minimum Gasteiger partial charge on any atom is -0.339 e. The minimum atomic E-state index is -0.368. The molecule has 0 spiro atoms. The molecule has 126 valence electrons. The van der Waals surface area contributed by atoms with Crippen LogP contribution in [0.15, 0.2) is 24.3 Å². The molecule has 2 heterocycles. The summed E-state index contributed by atoms with van der Waals surface area (Å²) in [6.45, 7) is 2.11. The minimum absolute atomic E-state index is 0.0636. The Morgan fingerprint density at radius 1 is 1.25 bits per heavy atom. The van der Waals surface area contributed by atoms with Gasteiger partial charge < -0.3 is 15.1 Å². The Morgan fingerprint density at radius 2 is 2.04 bits per heavy atom. The van der Waals surface area contributed by atoms with E-state index in [-0.39, 0.29) is 18.0 Å². The van der Waals surface area contributed by atoms with E-state index in [0.717, 1.165) is 31.0 Å². The van der Waals surface area contributed by atoms with Crippen molar-refractivity contribution in [1.82, 2.24) is 9.80 Å². The molecular weight excluding hydrogens is 324 g/mol. The molecule has 3 amide bonds. The van der Waals surface area contributed by atoms with Gasteiger partial charge in [-0.3, -0.25) is 4.79 Å². The number of carbonyl (C=O) groups excluding carboxylic acids is 2. The third-order valence-electron chi connectivity index (χ3n) is 4.36. The van der Waals surface area contributed by atoms with Crippen molar-refractivity contribution in [2.75, 3.05) is 36.5 Å². The van der Waals surface area contributed by atoms with E-state index in [1.807, 2.05) is 16.7 Å². The zero-order valence-electron chi connectivity index (χ0n) is 13.4. The number of carbonyl (C=O) groups is 2. The Hall–Kier alpha value is -2.20. The highest BCUT2D eigenvalue weighted by Crippen LogP contribution is 2.22. The number of thioether (sulfide) groups is 1. The highest BCUT2D eigenvalue weighted by Gasteiger charge is 2.36. The van der Waals surface area contributed by atoms with Crippen LogP contribution in [0.3, 0.4) is 0 Å². The van der Waals surface area contributed by atoms with Gasteiger partial charge in [0, 0.05) is 36.8 Å². The topological polar surface area (TPSA) is 76.4 Å². The van der Waals surface area contributed by atoms with E-state index in [1.165, 1.54) is 0 Å². The van der Waals surface area contributed by atoms with Crippen molar-refractivity contribution in [3.8, 4) is 6.07 Å². The molecule has 2 aliphatic rings. The molecule has 24 heavy (non-hydrogen) atoms. The number of nitrogens with zero attached hydrogens (tertiary/aromatic N) is 3. The number of hydrogen-bond acceptors (Lipinski definition) is 4. The van der Waals surface area contributed by atoms with Crippen LogP contribution in [0.1, 0.15) is 18.4 Å². The molecule has 3 rings (SSSR count). The second-order valence-corrected chi connectivity index (χ2v) is 7.14. The van der Waals surface area contributed by atoms with Crippen LogP contribution < -0.4 is 5.32 Å². The third-order valence-corrected chi connectivity index (χ3v) is 5.31. The fourth-order valence-electron chi connectivity index (χ4n) is 3.12. The second-order valence-electron chi connectivity index (χ2n) is 5.91. The van der Waals surface area contributed by atoms with E-state index >= 15 is 0 Å². The first-order valence-electron chi connectivity index (χ1n) is 8.13. The summed E-state index contributed by atoms with van der Waals surface area (Å²) >= 11 is 1.86. The number of urea groups is 1. The summed E-state index contributed by atoms with van der Waals surface area (Å²) in [5.74, 6) is 1.99. The number of anilines is 1. The quantitative estimate of drug-likeness (QED) is 0.892. The van der Waals surface area contributed by atoms with Gasteiger partial charge in [0.05, 0.1) is 11.6 Å². The Morgan fingerprint density at radius 3 is 2.79 bits per heavy atom. The molecule has 0 aromatic heterocycles. The Kier molecular flexibility index (Phi) is 5.26. The third kappa shape index (κ3) is 3.65. The first-order valence-corrected chi connectivity index (χ1v) is 9.29. The molecular formula is C17H20N4O2S. The molecule has 1 N–H and O–H groups in total. The van der Waals surface area contributed by atoms with Gasteiger partial charge in [-0.1, -0.05) is 6.07 Å².